The number of carbonyl (C=O) groups excluding carboxylic acids is 1. The predicted octanol–water partition coefficient (Wildman–Crippen LogP) is 3.08. The summed E-state index contributed by atoms with van der Waals surface area (Å²) in [4.78, 5) is 18.5. The van der Waals surface area contributed by atoms with Crippen LogP contribution >= 0.6 is 0 Å². The summed E-state index contributed by atoms with van der Waals surface area (Å²) in [5.74, 6) is 1.52. The second-order valence-corrected chi connectivity index (χ2v) is 6.97. The van der Waals surface area contributed by atoms with Crippen LogP contribution in [0.3, 0.4) is 0 Å². The summed E-state index contributed by atoms with van der Waals surface area (Å²) in [5.41, 5.74) is 9.58. The van der Waals surface area contributed by atoms with Gasteiger partial charge in [-0.3, -0.25) is 9.89 Å². The molecule has 4 rings (SSSR count). The van der Waals surface area contributed by atoms with Gasteiger partial charge in [0, 0.05) is 42.0 Å². The molecule has 0 atom stereocenters. The van der Waals surface area contributed by atoms with Crippen LogP contribution in [0.2, 0.25) is 0 Å². The minimum absolute atomic E-state index is 0.00480. The van der Waals surface area contributed by atoms with Gasteiger partial charge in [0.1, 0.15) is 11.6 Å². The molecule has 3 aromatic rings. The number of nitrogens with zero attached hydrogens (tertiary/aromatic N) is 3. The largest absolute Gasteiger partial charge is 0.497 e. The van der Waals surface area contributed by atoms with Crippen molar-refractivity contribution in [3.8, 4) is 16.9 Å². The first kappa shape index (κ1) is 18.0. The number of rotatable bonds is 4. The van der Waals surface area contributed by atoms with E-state index in [0.29, 0.717) is 30.4 Å². The molecular weight excluding hydrogens is 354 g/mol. The Balaban J connectivity index is 1.47. The standard InChI is InChI=1S/C21H23N5O2/c1-28-17-4-2-3-15(11-17)18-13-24-25-20(18)14-6-9-26(10-7-14)21(27)16-5-8-23-19(22)12-16/h2-5,8,11-14H,6-7,9-10H2,1H3,(H2,22,23)(H,24,25). The number of nitrogens with two attached hydrogens (primary N) is 1. The highest BCUT2D eigenvalue weighted by Crippen LogP contribution is 2.35. The van der Waals surface area contributed by atoms with Crippen LogP contribution < -0.4 is 10.5 Å². The number of aromatic amines is 1. The van der Waals surface area contributed by atoms with E-state index in [0.717, 1.165) is 35.4 Å². The number of aromatic nitrogens is 3. The Hall–Kier alpha value is -3.35. The first-order valence-corrected chi connectivity index (χ1v) is 9.34. The molecular formula is C21H23N5O2. The molecule has 1 amide bonds. The van der Waals surface area contributed by atoms with Crippen molar-refractivity contribution in [2.75, 3.05) is 25.9 Å². The summed E-state index contributed by atoms with van der Waals surface area (Å²) in [6, 6.07) is 11.3. The van der Waals surface area contributed by atoms with Gasteiger partial charge < -0.3 is 15.4 Å². The molecule has 1 aliphatic heterocycles. The van der Waals surface area contributed by atoms with Gasteiger partial charge in [0.2, 0.25) is 0 Å². The molecule has 0 bridgehead atoms. The van der Waals surface area contributed by atoms with Gasteiger partial charge in [-0.1, -0.05) is 12.1 Å². The molecule has 2 aromatic heterocycles. The Kier molecular flexibility index (Phi) is 4.97. The number of methoxy groups -OCH3 is 1. The lowest BCUT2D eigenvalue weighted by molar-refractivity contribution is 0.0712. The third kappa shape index (κ3) is 3.55. The number of nitrogen functional groups attached to an aromatic ring is 1. The fourth-order valence-electron chi connectivity index (χ4n) is 3.76. The minimum atomic E-state index is 0.00480. The van der Waals surface area contributed by atoms with Gasteiger partial charge in [0.05, 0.1) is 13.3 Å². The van der Waals surface area contributed by atoms with E-state index in [4.69, 9.17) is 10.5 Å². The Bertz CT molecular complexity index is 976. The topological polar surface area (TPSA) is 97.1 Å². The maximum Gasteiger partial charge on any atom is 0.254 e. The Labute approximate surface area is 163 Å². The van der Waals surface area contributed by atoms with Crippen molar-refractivity contribution >= 4 is 11.7 Å². The number of ether oxygens (including phenoxy) is 1. The number of piperidine rings is 1. The summed E-state index contributed by atoms with van der Waals surface area (Å²) in [6.45, 7) is 1.39. The van der Waals surface area contributed by atoms with Crippen molar-refractivity contribution in [3.05, 3.63) is 60.0 Å². The Morgan fingerprint density at radius 1 is 1.25 bits per heavy atom. The molecule has 1 aliphatic rings. The molecule has 0 spiro atoms. The predicted molar refractivity (Wildman–Crippen MR) is 107 cm³/mol. The highest BCUT2D eigenvalue weighted by molar-refractivity contribution is 5.94. The number of benzene rings is 1. The van der Waals surface area contributed by atoms with Crippen molar-refractivity contribution < 1.29 is 9.53 Å². The number of H-pyrrole nitrogens is 1. The quantitative estimate of drug-likeness (QED) is 0.728. The number of anilines is 1. The molecule has 7 heteroatoms. The molecule has 0 unspecified atom stereocenters. The average Bonchev–Trinajstić information content (AvgIpc) is 3.23. The first-order valence-electron chi connectivity index (χ1n) is 9.34. The van der Waals surface area contributed by atoms with Gasteiger partial charge in [-0.2, -0.15) is 5.10 Å². The van der Waals surface area contributed by atoms with E-state index in [1.165, 1.54) is 0 Å². The number of pyridine rings is 1. The van der Waals surface area contributed by atoms with Crippen LogP contribution in [0.1, 0.15) is 34.8 Å². The normalized spacial score (nSPS) is 14.8. The summed E-state index contributed by atoms with van der Waals surface area (Å²) in [6.07, 6.45) is 5.19. The fourth-order valence-corrected chi connectivity index (χ4v) is 3.76. The van der Waals surface area contributed by atoms with Gasteiger partial charge >= 0.3 is 0 Å². The monoisotopic (exact) mass is 377 g/mol. The van der Waals surface area contributed by atoms with E-state index < -0.39 is 0 Å². The van der Waals surface area contributed by atoms with E-state index in [1.54, 1.807) is 25.4 Å². The van der Waals surface area contributed by atoms with Crippen LogP contribution in [0.4, 0.5) is 5.82 Å². The number of nitrogens with one attached hydrogen (secondary N) is 1. The highest BCUT2D eigenvalue weighted by atomic mass is 16.5. The molecule has 144 valence electrons. The van der Waals surface area contributed by atoms with Gasteiger partial charge in [-0.15, -0.1) is 0 Å². The van der Waals surface area contributed by atoms with Gasteiger partial charge in [0.15, 0.2) is 0 Å². The lowest BCUT2D eigenvalue weighted by Crippen LogP contribution is -2.38. The number of hydrogen-bond acceptors (Lipinski definition) is 5. The van der Waals surface area contributed by atoms with Gasteiger partial charge in [0.25, 0.3) is 5.91 Å². The maximum atomic E-state index is 12.7. The second kappa shape index (κ2) is 7.72. The van der Waals surface area contributed by atoms with Crippen molar-refractivity contribution in [2.24, 2.45) is 0 Å². The smallest absolute Gasteiger partial charge is 0.254 e. The van der Waals surface area contributed by atoms with Crippen LogP contribution in [0.25, 0.3) is 11.1 Å². The molecule has 0 radical (unpaired) electrons. The van der Waals surface area contributed by atoms with E-state index in [9.17, 15) is 4.79 Å². The second-order valence-electron chi connectivity index (χ2n) is 6.97. The zero-order valence-corrected chi connectivity index (χ0v) is 15.8. The molecule has 1 saturated heterocycles. The van der Waals surface area contributed by atoms with E-state index in [-0.39, 0.29) is 5.91 Å². The maximum absolute atomic E-state index is 12.7. The Morgan fingerprint density at radius 3 is 2.82 bits per heavy atom. The van der Waals surface area contributed by atoms with Gasteiger partial charge in [-0.25, -0.2) is 4.98 Å². The summed E-state index contributed by atoms with van der Waals surface area (Å²) in [5, 5.41) is 7.45. The summed E-state index contributed by atoms with van der Waals surface area (Å²) < 4.78 is 5.34. The molecule has 3 N–H and O–H groups in total. The summed E-state index contributed by atoms with van der Waals surface area (Å²) in [7, 11) is 1.67. The third-order valence-electron chi connectivity index (χ3n) is 5.27. The van der Waals surface area contributed by atoms with Crippen LogP contribution in [0.5, 0.6) is 5.75 Å². The van der Waals surface area contributed by atoms with E-state index in [1.807, 2.05) is 29.3 Å². The molecule has 1 fully saturated rings. The summed E-state index contributed by atoms with van der Waals surface area (Å²) >= 11 is 0. The first-order chi connectivity index (χ1) is 13.7. The molecule has 28 heavy (non-hydrogen) atoms. The number of hydrogen-bond donors (Lipinski definition) is 2. The zero-order chi connectivity index (χ0) is 19.5. The van der Waals surface area contributed by atoms with E-state index >= 15 is 0 Å². The molecule has 3 heterocycles. The van der Waals surface area contributed by atoms with Crippen molar-refractivity contribution in [1.82, 2.24) is 20.1 Å². The molecule has 0 aliphatic carbocycles. The SMILES string of the molecule is COc1cccc(-c2cn[nH]c2C2CCN(C(=O)c3ccnc(N)c3)CC2)c1. The van der Waals surface area contributed by atoms with Crippen LogP contribution in [0, 0.1) is 0 Å². The van der Waals surface area contributed by atoms with Crippen LogP contribution in [0.15, 0.2) is 48.8 Å². The zero-order valence-electron chi connectivity index (χ0n) is 15.8. The molecule has 7 nitrogen and oxygen atoms in total. The van der Waals surface area contributed by atoms with Crippen LogP contribution in [-0.4, -0.2) is 46.2 Å². The molecule has 0 saturated carbocycles. The molecule has 1 aromatic carbocycles. The lowest BCUT2D eigenvalue weighted by atomic mass is 9.89. The number of carbonyl (C=O) groups is 1. The van der Waals surface area contributed by atoms with Crippen molar-refractivity contribution in [3.63, 3.8) is 0 Å². The average molecular weight is 377 g/mol. The van der Waals surface area contributed by atoms with E-state index in [2.05, 4.69) is 21.2 Å². The minimum Gasteiger partial charge on any atom is -0.497 e. The fraction of sp³-hybridized carbons (Fsp3) is 0.286. The van der Waals surface area contributed by atoms with Crippen LogP contribution in [-0.2, 0) is 0 Å². The van der Waals surface area contributed by atoms with Crippen molar-refractivity contribution in [1.29, 1.82) is 0 Å². The van der Waals surface area contributed by atoms with Crippen molar-refractivity contribution in [2.45, 2.75) is 18.8 Å². The number of likely N-dealkylation sites (tertiary alicyclic amines) is 1. The third-order valence-corrected chi connectivity index (χ3v) is 5.27. The Morgan fingerprint density at radius 2 is 2.07 bits per heavy atom. The highest BCUT2D eigenvalue weighted by Gasteiger charge is 2.27. The lowest BCUT2D eigenvalue weighted by Gasteiger charge is -2.32. The van der Waals surface area contributed by atoms with Gasteiger partial charge in [-0.05, 0) is 42.7 Å². The number of amides is 1.